The van der Waals surface area contributed by atoms with Gasteiger partial charge in [-0.05, 0) is 22.1 Å². The fraction of sp³-hybridized carbons (Fsp3) is 0.250. The number of tetrazole rings is 1. The van der Waals surface area contributed by atoms with Crippen LogP contribution in [0.2, 0.25) is 0 Å². The molecule has 3 heterocycles. The SMILES string of the molecule is COC(Cc1cccn2cc(C(=O)O)nc12)c1nnn[nH]1. The van der Waals surface area contributed by atoms with Crippen molar-refractivity contribution in [2.24, 2.45) is 0 Å². The van der Waals surface area contributed by atoms with Gasteiger partial charge in [-0.25, -0.2) is 14.9 Å². The number of nitrogens with one attached hydrogen (secondary N) is 1. The molecule has 0 saturated heterocycles. The molecule has 0 aromatic carbocycles. The number of aromatic amines is 1. The molecule has 0 radical (unpaired) electrons. The monoisotopic (exact) mass is 288 g/mol. The van der Waals surface area contributed by atoms with Crippen molar-refractivity contribution in [1.82, 2.24) is 30.0 Å². The van der Waals surface area contributed by atoms with Crippen LogP contribution in [-0.4, -0.2) is 48.2 Å². The third-order valence-electron chi connectivity index (χ3n) is 3.14. The third-order valence-corrected chi connectivity index (χ3v) is 3.14. The molecule has 108 valence electrons. The third kappa shape index (κ3) is 2.46. The summed E-state index contributed by atoms with van der Waals surface area (Å²) in [7, 11) is 1.56. The zero-order valence-electron chi connectivity index (χ0n) is 11.1. The second-order valence-electron chi connectivity index (χ2n) is 4.41. The molecule has 3 aromatic rings. The summed E-state index contributed by atoms with van der Waals surface area (Å²) in [6.45, 7) is 0. The second kappa shape index (κ2) is 5.29. The van der Waals surface area contributed by atoms with Gasteiger partial charge in [0, 0.05) is 25.9 Å². The number of pyridine rings is 1. The summed E-state index contributed by atoms with van der Waals surface area (Å²) in [4.78, 5) is 15.1. The fourth-order valence-corrected chi connectivity index (χ4v) is 2.13. The number of methoxy groups -OCH3 is 1. The molecule has 0 fully saturated rings. The zero-order valence-corrected chi connectivity index (χ0v) is 11.1. The number of carbonyl (C=O) groups is 1. The maximum absolute atomic E-state index is 11.0. The maximum Gasteiger partial charge on any atom is 0.356 e. The molecule has 0 amide bonds. The van der Waals surface area contributed by atoms with Crippen LogP contribution in [0.5, 0.6) is 0 Å². The minimum absolute atomic E-state index is 0.00208. The standard InChI is InChI=1S/C12H12N6O3/c1-21-9(10-14-16-17-15-10)5-7-3-2-4-18-6-8(12(19)20)13-11(7)18/h2-4,6,9H,5H2,1H3,(H,19,20)(H,14,15,16,17). The quantitative estimate of drug-likeness (QED) is 0.700. The Kier molecular flexibility index (Phi) is 3.32. The van der Waals surface area contributed by atoms with E-state index in [-0.39, 0.29) is 11.8 Å². The zero-order chi connectivity index (χ0) is 14.8. The number of H-pyrrole nitrogens is 1. The van der Waals surface area contributed by atoms with Crippen molar-refractivity contribution < 1.29 is 14.6 Å². The highest BCUT2D eigenvalue weighted by molar-refractivity contribution is 5.86. The van der Waals surface area contributed by atoms with Crippen LogP contribution in [0.15, 0.2) is 24.5 Å². The van der Waals surface area contributed by atoms with Gasteiger partial charge in [-0.3, -0.25) is 0 Å². The number of carboxylic acid groups (broad SMARTS) is 1. The molecule has 9 heteroatoms. The number of fused-ring (bicyclic) bond motifs is 1. The normalized spacial score (nSPS) is 12.6. The number of ether oxygens (including phenoxy) is 1. The largest absolute Gasteiger partial charge is 0.476 e. The molecule has 0 saturated carbocycles. The smallest absolute Gasteiger partial charge is 0.356 e. The number of hydrogen-bond acceptors (Lipinski definition) is 6. The topological polar surface area (TPSA) is 118 Å². The van der Waals surface area contributed by atoms with Gasteiger partial charge in [0.25, 0.3) is 0 Å². The molecule has 9 nitrogen and oxygen atoms in total. The van der Waals surface area contributed by atoms with Crippen LogP contribution in [0.4, 0.5) is 0 Å². The molecule has 3 rings (SSSR count). The van der Waals surface area contributed by atoms with Crippen molar-refractivity contribution in [2.75, 3.05) is 7.11 Å². The van der Waals surface area contributed by atoms with E-state index in [0.29, 0.717) is 17.9 Å². The Labute approximate surface area is 118 Å². The molecule has 0 aliphatic carbocycles. The predicted octanol–water partition coefficient (Wildman–Crippen LogP) is 0.476. The van der Waals surface area contributed by atoms with Gasteiger partial charge in [-0.15, -0.1) is 5.10 Å². The van der Waals surface area contributed by atoms with E-state index in [1.54, 1.807) is 17.7 Å². The maximum atomic E-state index is 11.0. The van der Waals surface area contributed by atoms with Gasteiger partial charge >= 0.3 is 5.97 Å². The fourth-order valence-electron chi connectivity index (χ4n) is 2.13. The molecule has 0 aliphatic heterocycles. The van der Waals surface area contributed by atoms with Crippen LogP contribution in [0.3, 0.4) is 0 Å². The summed E-state index contributed by atoms with van der Waals surface area (Å²) in [5.74, 6) is -0.558. The van der Waals surface area contributed by atoms with Crippen LogP contribution < -0.4 is 0 Å². The number of carboxylic acids is 1. The summed E-state index contributed by atoms with van der Waals surface area (Å²) in [6, 6.07) is 3.69. The first-order chi connectivity index (χ1) is 10.2. The number of aromatic carboxylic acids is 1. The Hall–Kier alpha value is -2.81. The molecule has 1 unspecified atom stereocenters. The molecule has 0 spiro atoms. The Morgan fingerprint density at radius 1 is 1.57 bits per heavy atom. The van der Waals surface area contributed by atoms with E-state index in [4.69, 9.17) is 9.84 Å². The number of imidazole rings is 1. The molecule has 3 aromatic heterocycles. The van der Waals surface area contributed by atoms with E-state index in [1.165, 1.54) is 6.20 Å². The summed E-state index contributed by atoms with van der Waals surface area (Å²) >= 11 is 0. The number of aromatic nitrogens is 6. The molecular formula is C12H12N6O3. The van der Waals surface area contributed by atoms with E-state index in [0.717, 1.165) is 5.56 Å². The van der Waals surface area contributed by atoms with Gasteiger partial charge in [0.2, 0.25) is 0 Å². The first-order valence-electron chi connectivity index (χ1n) is 6.15. The lowest BCUT2D eigenvalue weighted by atomic mass is 10.1. The highest BCUT2D eigenvalue weighted by Crippen LogP contribution is 2.21. The average molecular weight is 288 g/mol. The van der Waals surface area contributed by atoms with E-state index in [9.17, 15) is 4.79 Å². The highest BCUT2D eigenvalue weighted by Gasteiger charge is 2.18. The van der Waals surface area contributed by atoms with Crippen LogP contribution >= 0.6 is 0 Å². The van der Waals surface area contributed by atoms with Crippen LogP contribution in [0, 0.1) is 0 Å². The summed E-state index contributed by atoms with van der Waals surface area (Å²) < 4.78 is 7.05. The first kappa shape index (κ1) is 13.2. The number of nitrogens with zero attached hydrogens (tertiary/aromatic N) is 5. The summed E-state index contributed by atoms with van der Waals surface area (Å²) in [6.07, 6.45) is 3.32. The minimum Gasteiger partial charge on any atom is -0.476 e. The van der Waals surface area contributed by atoms with E-state index >= 15 is 0 Å². The molecule has 2 N–H and O–H groups in total. The van der Waals surface area contributed by atoms with Crippen LogP contribution in [0.25, 0.3) is 5.65 Å². The Morgan fingerprint density at radius 3 is 3.10 bits per heavy atom. The van der Waals surface area contributed by atoms with Crippen molar-refractivity contribution in [3.63, 3.8) is 0 Å². The average Bonchev–Trinajstić information content (AvgIpc) is 3.13. The van der Waals surface area contributed by atoms with Gasteiger partial charge in [-0.2, -0.15) is 0 Å². The predicted molar refractivity (Wildman–Crippen MR) is 69.8 cm³/mol. The van der Waals surface area contributed by atoms with Gasteiger partial charge in [0.15, 0.2) is 11.5 Å². The van der Waals surface area contributed by atoms with Crippen molar-refractivity contribution >= 4 is 11.6 Å². The van der Waals surface area contributed by atoms with Crippen molar-refractivity contribution in [2.45, 2.75) is 12.5 Å². The van der Waals surface area contributed by atoms with Gasteiger partial charge < -0.3 is 14.2 Å². The van der Waals surface area contributed by atoms with E-state index in [2.05, 4.69) is 25.6 Å². The minimum atomic E-state index is -1.06. The van der Waals surface area contributed by atoms with Gasteiger partial charge in [-0.1, -0.05) is 6.07 Å². The molecule has 1 atom stereocenters. The van der Waals surface area contributed by atoms with Gasteiger partial charge in [0.05, 0.1) is 0 Å². The number of rotatable bonds is 5. The Morgan fingerprint density at radius 2 is 2.43 bits per heavy atom. The summed E-state index contributed by atoms with van der Waals surface area (Å²) in [5.41, 5.74) is 1.41. The molecule has 0 bridgehead atoms. The van der Waals surface area contributed by atoms with Crippen LogP contribution in [-0.2, 0) is 11.2 Å². The number of hydrogen-bond donors (Lipinski definition) is 2. The van der Waals surface area contributed by atoms with Crippen LogP contribution in [0.1, 0.15) is 28.0 Å². The lowest BCUT2D eigenvalue weighted by molar-refractivity contribution is 0.0691. The molecular weight excluding hydrogens is 276 g/mol. The molecule has 21 heavy (non-hydrogen) atoms. The van der Waals surface area contributed by atoms with Crippen molar-refractivity contribution in [1.29, 1.82) is 0 Å². The Balaban J connectivity index is 1.98. The van der Waals surface area contributed by atoms with Crippen molar-refractivity contribution in [3.8, 4) is 0 Å². The first-order valence-corrected chi connectivity index (χ1v) is 6.15. The lowest BCUT2D eigenvalue weighted by Gasteiger charge is -2.12. The van der Waals surface area contributed by atoms with E-state index < -0.39 is 5.97 Å². The molecule has 0 aliphatic rings. The highest BCUT2D eigenvalue weighted by atomic mass is 16.5. The lowest BCUT2D eigenvalue weighted by Crippen LogP contribution is -2.08. The van der Waals surface area contributed by atoms with Crippen molar-refractivity contribution in [3.05, 3.63) is 41.6 Å². The second-order valence-corrected chi connectivity index (χ2v) is 4.41. The summed E-state index contributed by atoms with van der Waals surface area (Å²) in [5, 5.41) is 22.6. The van der Waals surface area contributed by atoms with E-state index in [1.807, 2.05) is 12.1 Å². The Bertz CT molecular complexity index is 766. The van der Waals surface area contributed by atoms with Gasteiger partial charge in [0.1, 0.15) is 11.8 Å².